The molecule has 1 aromatic carbocycles. The van der Waals surface area contributed by atoms with E-state index in [1.165, 1.54) is 18.2 Å². The molecule has 0 aliphatic carbocycles. The smallest absolute Gasteiger partial charge is 0.319 e. The third-order valence-corrected chi connectivity index (χ3v) is 3.63. The summed E-state index contributed by atoms with van der Waals surface area (Å²) >= 11 is 0. The Morgan fingerprint density at radius 2 is 1.96 bits per heavy atom. The molecule has 138 valence electrons. The maximum Gasteiger partial charge on any atom is 0.319 e. The first-order chi connectivity index (χ1) is 12.5. The number of amides is 3. The fourth-order valence-electron chi connectivity index (χ4n) is 2.17. The summed E-state index contributed by atoms with van der Waals surface area (Å²) in [5, 5.41) is 7.86. The highest BCUT2D eigenvalue weighted by molar-refractivity contribution is 5.94. The second-order valence-electron chi connectivity index (χ2n) is 6.14. The van der Waals surface area contributed by atoms with Gasteiger partial charge in [-0.2, -0.15) is 0 Å². The predicted octanol–water partition coefficient (Wildman–Crippen LogP) is 3.57. The number of aryl methyl sites for hydroxylation is 1. The van der Waals surface area contributed by atoms with Crippen molar-refractivity contribution in [2.75, 3.05) is 17.2 Å². The quantitative estimate of drug-likeness (QED) is 0.662. The lowest BCUT2D eigenvalue weighted by molar-refractivity contribution is -0.118. The minimum Gasteiger partial charge on any atom is -0.338 e. The Morgan fingerprint density at radius 3 is 2.65 bits per heavy atom. The molecule has 1 aromatic heterocycles. The molecular weight excluding hydrogens is 335 g/mol. The Hall–Kier alpha value is -2.96. The van der Waals surface area contributed by atoms with E-state index in [0.717, 1.165) is 18.5 Å². The van der Waals surface area contributed by atoms with Crippen LogP contribution in [0.1, 0.15) is 26.0 Å². The van der Waals surface area contributed by atoms with Crippen molar-refractivity contribution in [3.63, 3.8) is 0 Å². The van der Waals surface area contributed by atoms with Crippen molar-refractivity contribution in [2.24, 2.45) is 5.92 Å². The van der Waals surface area contributed by atoms with E-state index < -0.39 is 11.8 Å². The summed E-state index contributed by atoms with van der Waals surface area (Å²) in [6.07, 6.45) is 3.26. The maximum absolute atomic E-state index is 13.8. The molecule has 0 unspecified atom stereocenters. The van der Waals surface area contributed by atoms with Gasteiger partial charge in [0, 0.05) is 30.0 Å². The van der Waals surface area contributed by atoms with E-state index in [-0.39, 0.29) is 17.5 Å². The molecule has 3 amide bonds. The van der Waals surface area contributed by atoms with Crippen LogP contribution in [0.5, 0.6) is 0 Å². The number of urea groups is 1. The van der Waals surface area contributed by atoms with Crippen molar-refractivity contribution in [1.82, 2.24) is 10.3 Å². The molecular formula is C19H23FN4O2. The second-order valence-corrected chi connectivity index (χ2v) is 6.14. The Bertz CT molecular complexity index is 750. The van der Waals surface area contributed by atoms with Gasteiger partial charge in [0.25, 0.3) is 0 Å². The number of hydrogen-bond donors (Lipinski definition) is 3. The summed E-state index contributed by atoms with van der Waals surface area (Å²) < 4.78 is 13.8. The topological polar surface area (TPSA) is 83.1 Å². The number of nitrogens with one attached hydrogen (secondary N) is 3. The minimum absolute atomic E-state index is 0.0386. The number of aromatic nitrogens is 1. The number of halogens is 1. The Kier molecular flexibility index (Phi) is 7.08. The van der Waals surface area contributed by atoms with E-state index in [1.54, 1.807) is 20.0 Å². The van der Waals surface area contributed by atoms with Crippen LogP contribution in [0.3, 0.4) is 0 Å². The number of rotatable bonds is 7. The first-order valence-corrected chi connectivity index (χ1v) is 8.51. The van der Waals surface area contributed by atoms with E-state index in [9.17, 15) is 14.0 Å². The van der Waals surface area contributed by atoms with Crippen LogP contribution in [0.15, 0.2) is 42.6 Å². The van der Waals surface area contributed by atoms with Crippen LogP contribution in [-0.4, -0.2) is 23.5 Å². The largest absolute Gasteiger partial charge is 0.338 e. The number of hydrogen-bond acceptors (Lipinski definition) is 3. The molecule has 2 aromatic rings. The first kappa shape index (κ1) is 19.4. The van der Waals surface area contributed by atoms with Crippen LogP contribution in [0.4, 0.5) is 20.6 Å². The Morgan fingerprint density at radius 1 is 1.15 bits per heavy atom. The Labute approximate surface area is 152 Å². The van der Waals surface area contributed by atoms with Crippen LogP contribution < -0.4 is 16.0 Å². The van der Waals surface area contributed by atoms with Crippen molar-refractivity contribution in [1.29, 1.82) is 0 Å². The zero-order valence-electron chi connectivity index (χ0n) is 14.9. The molecule has 0 aliphatic heterocycles. The highest BCUT2D eigenvalue weighted by Gasteiger charge is 2.12. The number of carbonyl (C=O) groups is 2. The second kappa shape index (κ2) is 9.50. The number of benzene rings is 1. The number of carbonyl (C=O) groups excluding carboxylic acids is 2. The lowest BCUT2D eigenvalue weighted by atomic mass is 10.2. The van der Waals surface area contributed by atoms with Crippen molar-refractivity contribution in [2.45, 2.75) is 26.7 Å². The Balaban J connectivity index is 1.81. The van der Waals surface area contributed by atoms with E-state index >= 15 is 0 Å². The summed E-state index contributed by atoms with van der Waals surface area (Å²) in [6.45, 7) is 3.92. The van der Waals surface area contributed by atoms with Gasteiger partial charge in [-0.3, -0.25) is 9.78 Å². The highest BCUT2D eigenvalue weighted by Crippen LogP contribution is 2.20. The van der Waals surface area contributed by atoms with Gasteiger partial charge in [0.2, 0.25) is 5.91 Å². The van der Waals surface area contributed by atoms with Gasteiger partial charge in [-0.25, -0.2) is 9.18 Å². The van der Waals surface area contributed by atoms with Gasteiger partial charge < -0.3 is 16.0 Å². The molecule has 6 nitrogen and oxygen atoms in total. The van der Waals surface area contributed by atoms with Crippen LogP contribution >= 0.6 is 0 Å². The third-order valence-electron chi connectivity index (χ3n) is 3.63. The molecule has 2 rings (SSSR count). The summed E-state index contributed by atoms with van der Waals surface area (Å²) in [7, 11) is 0. The molecule has 26 heavy (non-hydrogen) atoms. The highest BCUT2D eigenvalue weighted by atomic mass is 19.1. The summed E-state index contributed by atoms with van der Waals surface area (Å²) in [6, 6.07) is 9.36. The summed E-state index contributed by atoms with van der Waals surface area (Å²) in [5.74, 6) is -1.12. The van der Waals surface area contributed by atoms with Crippen LogP contribution in [-0.2, 0) is 11.2 Å². The van der Waals surface area contributed by atoms with E-state index in [1.807, 2.05) is 18.2 Å². The van der Waals surface area contributed by atoms with Gasteiger partial charge in [0.15, 0.2) is 0 Å². The van der Waals surface area contributed by atoms with Crippen LogP contribution in [0.2, 0.25) is 0 Å². The lowest BCUT2D eigenvalue weighted by Gasteiger charge is -2.12. The fourth-order valence-corrected chi connectivity index (χ4v) is 2.17. The van der Waals surface area contributed by atoms with Gasteiger partial charge in [0.1, 0.15) is 5.82 Å². The number of pyridine rings is 1. The van der Waals surface area contributed by atoms with E-state index in [0.29, 0.717) is 12.2 Å². The van der Waals surface area contributed by atoms with Crippen LogP contribution in [0.25, 0.3) is 0 Å². The molecule has 0 aliphatic rings. The van der Waals surface area contributed by atoms with E-state index in [4.69, 9.17) is 0 Å². The standard InChI is InChI=1S/C19H23FN4O2/c1-13(2)18(25)24-17-12-15(8-9-16(17)20)23-19(26)22-11-5-7-14-6-3-4-10-21-14/h3-4,6,8-10,12-13H,5,7,11H2,1-2H3,(H,24,25)(H2,22,23,26). The molecule has 7 heteroatoms. The summed E-state index contributed by atoms with van der Waals surface area (Å²) in [4.78, 5) is 27.9. The van der Waals surface area contributed by atoms with Gasteiger partial charge in [-0.05, 0) is 43.2 Å². The molecule has 0 saturated heterocycles. The average Bonchev–Trinajstić information content (AvgIpc) is 2.62. The molecule has 0 bridgehead atoms. The minimum atomic E-state index is -0.555. The molecule has 0 radical (unpaired) electrons. The third kappa shape index (κ3) is 6.16. The van der Waals surface area contributed by atoms with Crippen molar-refractivity contribution in [3.8, 4) is 0 Å². The van der Waals surface area contributed by atoms with Crippen molar-refractivity contribution >= 4 is 23.3 Å². The average molecular weight is 358 g/mol. The zero-order chi connectivity index (χ0) is 18.9. The first-order valence-electron chi connectivity index (χ1n) is 8.51. The molecule has 1 heterocycles. The van der Waals surface area contributed by atoms with Gasteiger partial charge >= 0.3 is 6.03 Å². The van der Waals surface area contributed by atoms with Crippen molar-refractivity contribution < 1.29 is 14.0 Å². The molecule has 0 fully saturated rings. The predicted molar refractivity (Wildman–Crippen MR) is 99.4 cm³/mol. The SMILES string of the molecule is CC(C)C(=O)Nc1cc(NC(=O)NCCCc2ccccn2)ccc1F. The normalized spacial score (nSPS) is 10.5. The van der Waals surface area contributed by atoms with Crippen LogP contribution in [0, 0.1) is 11.7 Å². The molecule has 0 saturated carbocycles. The van der Waals surface area contributed by atoms with Gasteiger partial charge in [0.05, 0.1) is 5.69 Å². The van der Waals surface area contributed by atoms with E-state index in [2.05, 4.69) is 20.9 Å². The van der Waals surface area contributed by atoms with Gasteiger partial charge in [-0.1, -0.05) is 19.9 Å². The molecule has 3 N–H and O–H groups in total. The molecule has 0 spiro atoms. The lowest BCUT2D eigenvalue weighted by Crippen LogP contribution is -2.29. The monoisotopic (exact) mass is 358 g/mol. The maximum atomic E-state index is 13.8. The van der Waals surface area contributed by atoms with Gasteiger partial charge in [-0.15, -0.1) is 0 Å². The number of nitrogens with zero attached hydrogens (tertiary/aromatic N) is 1. The summed E-state index contributed by atoms with van der Waals surface area (Å²) in [5.41, 5.74) is 1.41. The molecule has 0 atom stereocenters. The van der Waals surface area contributed by atoms with Crippen molar-refractivity contribution in [3.05, 3.63) is 54.1 Å². The number of anilines is 2. The zero-order valence-corrected chi connectivity index (χ0v) is 14.9. The fraction of sp³-hybridized carbons (Fsp3) is 0.316.